The standard InChI is InChI=1S/C12H7F4N/c13-11-5-9(8-2-1-3-17-7-8)4-10(6-11)12(14,15)16/h1-7H. The van der Waals surface area contributed by atoms with Gasteiger partial charge in [-0.3, -0.25) is 4.98 Å². The first kappa shape index (κ1) is 11.6. The third kappa shape index (κ3) is 2.61. The second-order valence-corrected chi connectivity index (χ2v) is 3.47. The number of nitrogens with zero attached hydrogens (tertiary/aromatic N) is 1. The highest BCUT2D eigenvalue weighted by Crippen LogP contribution is 2.32. The first-order chi connectivity index (χ1) is 7.97. The molecule has 0 spiro atoms. The van der Waals surface area contributed by atoms with Crippen LogP contribution in [0.1, 0.15) is 5.56 Å². The van der Waals surface area contributed by atoms with Gasteiger partial charge in [0.15, 0.2) is 0 Å². The summed E-state index contributed by atoms with van der Waals surface area (Å²) in [5.41, 5.74) is -0.403. The van der Waals surface area contributed by atoms with Gasteiger partial charge in [0.05, 0.1) is 5.56 Å². The zero-order valence-electron chi connectivity index (χ0n) is 8.50. The largest absolute Gasteiger partial charge is 0.416 e. The normalized spacial score (nSPS) is 11.5. The van der Waals surface area contributed by atoms with Crippen LogP contribution < -0.4 is 0 Å². The quantitative estimate of drug-likeness (QED) is 0.690. The molecule has 0 aliphatic rings. The Kier molecular flexibility index (Phi) is 2.83. The summed E-state index contributed by atoms with van der Waals surface area (Å²) in [6, 6.07) is 5.57. The van der Waals surface area contributed by atoms with Gasteiger partial charge in [-0.15, -0.1) is 0 Å². The molecule has 88 valence electrons. The number of benzene rings is 1. The molecule has 1 aromatic carbocycles. The summed E-state index contributed by atoms with van der Waals surface area (Å²) in [7, 11) is 0. The molecule has 1 heterocycles. The highest BCUT2D eigenvalue weighted by molar-refractivity contribution is 5.63. The number of halogens is 4. The van der Waals surface area contributed by atoms with E-state index in [9.17, 15) is 17.6 Å². The van der Waals surface area contributed by atoms with Crippen LogP contribution in [0, 0.1) is 5.82 Å². The second-order valence-electron chi connectivity index (χ2n) is 3.47. The fraction of sp³-hybridized carbons (Fsp3) is 0.0833. The fourth-order valence-electron chi connectivity index (χ4n) is 1.45. The smallest absolute Gasteiger partial charge is 0.264 e. The zero-order chi connectivity index (χ0) is 12.5. The van der Waals surface area contributed by atoms with Crippen molar-refractivity contribution >= 4 is 0 Å². The SMILES string of the molecule is Fc1cc(-c2cccnc2)cc(C(F)(F)F)c1. The van der Waals surface area contributed by atoms with Crippen molar-refractivity contribution in [3.63, 3.8) is 0 Å². The van der Waals surface area contributed by atoms with Crippen LogP contribution in [0.5, 0.6) is 0 Å². The molecule has 0 radical (unpaired) electrons. The Hall–Kier alpha value is -1.91. The maximum atomic E-state index is 13.1. The van der Waals surface area contributed by atoms with E-state index in [0.29, 0.717) is 11.6 Å². The molecule has 2 rings (SSSR count). The molecule has 0 aliphatic heterocycles. The van der Waals surface area contributed by atoms with E-state index >= 15 is 0 Å². The van der Waals surface area contributed by atoms with Crippen molar-refractivity contribution < 1.29 is 17.6 Å². The van der Waals surface area contributed by atoms with E-state index in [1.807, 2.05) is 0 Å². The molecular formula is C12H7F4N. The van der Waals surface area contributed by atoms with E-state index in [4.69, 9.17) is 0 Å². The van der Waals surface area contributed by atoms with Crippen LogP contribution in [0.25, 0.3) is 11.1 Å². The van der Waals surface area contributed by atoms with E-state index in [1.165, 1.54) is 12.4 Å². The van der Waals surface area contributed by atoms with E-state index < -0.39 is 17.6 Å². The summed E-state index contributed by atoms with van der Waals surface area (Å²) in [4.78, 5) is 3.78. The number of hydrogen-bond donors (Lipinski definition) is 0. The van der Waals surface area contributed by atoms with Gasteiger partial charge in [-0.25, -0.2) is 4.39 Å². The summed E-state index contributed by atoms with van der Waals surface area (Å²) >= 11 is 0. The maximum absolute atomic E-state index is 13.1. The molecule has 0 saturated heterocycles. The third-order valence-electron chi connectivity index (χ3n) is 2.22. The maximum Gasteiger partial charge on any atom is 0.416 e. The van der Waals surface area contributed by atoms with Gasteiger partial charge < -0.3 is 0 Å². The molecule has 0 fully saturated rings. The lowest BCUT2D eigenvalue weighted by molar-refractivity contribution is -0.137. The lowest BCUT2D eigenvalue weighted by atomic mass is 10.0. The molecule has 0 aliphatic carbocycles. The molecule has 0 atom stereocenters. The van der Waals surface area contributed by atoms with Crippen LogP contribution in [-0.2, 0) is 6.18 Å². The van der Waals surface area contributed by atoms with Crippen molar-refractivity contribution in [1.29, 1.82) is 0 Å². The average molecular weight is 241 g/mol. The van der Waals surface area contributed by atoms with Crippen LogP contribution in [-0.4, -0.2) is 4.98 Å². The molecule has 1 nitrogen and oxygen atoms in total. The van der Waals surface area contributed by atoms with E-state index in [-0.39, 0.29) is 5.56 Å². The fourth-order valence-corrected chi connectivity index (χ4v) is 1.45. The highest BCUT2D eigenvalue weighted by atomic mass is 19.4. The Bertz CT molecular complexity index is 520. The zero-order valence-corrected chi connectivity index (χ0v) is 8.50. The minimum absolute atomic E-state index is 0.158. The number of aromatic nitrogens is 1. The predicted octanol–water partition coefficient (Wildman–Crippen LogP) is 3.91. The van der Waals surface area contributed by atoms with E-state index in [0.717, 1.165) is 12.1 Å². The van der Waals surface area contributed by atoms with Crippen molar-refractivity contribution in [1.82, 2.24) is 4.98 Å². The molecule has 0 N–H and O–H groups in total. The molecule has 17 heavy (non-hydrogen) atoms. The lowest BCUT2D eigenvalue weighted by Gasteiger charge is -2.09. The molecule has 0 amide bonds. The third-order valence-corrected chi connectivity index (χ3v) is 2.22. The Balaban J connectivity index is 2.54. The Morgan fingerprint density at radius 2 is 1.76 bits per heavy atom. The monoisotopic (exact) mass is 241 g/mol. The van der Waals surface area contributed by atoms with Crippen molar-refractivity contribution in [3.05, 3.63) is 54.1 Å². The number of rotatable bonds is 1. The van der Waals surface area contributed by atoms with Gasteiger partial charge in [0, 0.05) is 18.0 Å². The Labute approximate surface area is 94.7 Å². The average Bonchev–Trinajstić information content (AvgIpc) is 2.28. The van der Waals surface area contributed by atoms with Gasteiger partial charge in [0.2, 0.25) is 0 Å². The first-order valence-electron chi connectivity index (χ1n) is 4.75. The number of hydrogen-bond acceptors (Lipinski definition) is 1. The van der Waals surface area contributed by atoms with Crippen LogP contribution in [0.2, 0.25) is 0 Å². The highest BCUT2D eigenvalue weighted by Gasteiger charge is 2.31. The molecule has 1 aromatic heterocycles. The Morgan fingerprint density at radius 3 is 2.35 bits per heavy atom. The topological polar surface area (TPSA) is 12.9 Å². The van der Waals surface area contributed by atoms with Crippen molar-refractivity contribution in [3.8, 4) is 11.1 Å². The minimum atomic E-state index is -4.56. The van der Waals surface area contributed by atoms with Gasteiger partial charge >= 0.3 is 6.18 Å². The molecule has 0 bridgehead atoms. The summed E-state index contributed by atoms with van der Waals surface area (Å²) in [5, 5.41) is 0. The van der Waals surface area contributed by atoms with Crippen LogP contribution >= 0.6 is 0 Å². The molecule has 0 saturated carbocycles. The molecule has 0 unspecified atom stereocenters. The Morgan fingerprint density at radius 1 is 1.00 bits per heavy atom. The summed E-state index contributed by atoms with van der Waals surface area (Å²) in [5.74, 6) is -0.918. The molecule has 2 aromatic rings. The first-order valence-corrected chi connectivity index (χ1v) is 4.75. The molecule has 5 heteroatoms. The summed E-state index contributed by atoms with van der Waals surface area (Å²) in [6.45, 7) is 0. The van der Waals surface area contributed by atoms with Crippen molar-refractivity contribution in [2.24, 2.45) is 0 Å². The van der Waals surface area contributed by atoms with Gasteiger partial charge in [-0.1, -0.05) is 6.07 Å². The van der Waals surface area contributed by atoms with Crippen molar-refractivity contribution in [2.75, 3.05) is 0 Å². The van der Waals surface area contributed by atoms with Crippen molar-refractivity contribution in [2.45, 2.75) is 6.18 Å². The lowest BCUT2D eigenvalue weighted by Crippen LogP contribution is -2.05. The summed E-state index contributed by atoms with van der Waals surface area (Å²) in [6.07, 6.45) is -1.68. The van der Waals surface area contributed by atoms with Gasteiger partial charge in [0.25, 0.3) is 0 Å². The number of pyridine rings is 1. The van der Waals surface area contributed by atoms with Gasteiger partial charge in [0.1, 0.15) is 5.82 Å². The predicted molar refractivity (Wildman–Crippen MR) is 54.6 cm³/mol. The second kappa shape index (κ2) is 4.16. The van der Waals surface area contributed by atoms with E-state index in [2.05, 4.69) is 4.98 Å². The van der Waals surface area contributed by atoms with Crippen LogP contribution in [0.3, 0.4) is 0 Å². The summed E-state index contributed by atoms with van der Waals surface area (Å²) < 4.78 is 50.6. The van der Waals surface area contributed by atoms with E-state index in [1.54, 1.807) is 12.1 Å². The van der Waals surface area contributed by atoms with Gasteiger partial charge in [-0.05, 0) is 29.8 Å². The minimum Gasteiger partial charge on any atom is -0.264 e. The van der Waals surface area contributed by atoms with Crippen LogP contribution in [0.4, 0.5) is 17.6 Å². The number of alkyl halides is 3. The molecular weight excluding hydrogens is 234 g/mol. The van der Waals surface area contributed by atoms with Crippen LogP contribution in [0.15, 0.2) is 42.7 Å². The van der Waals surface area contributed by atoms with Gasteiger partial charge in [-0.2, -0.15) is 13.2 Å².